The second kappa shape index (κ2) is 5.81. The van der Waals surface area contributed by atoms with Crippen LogP contribution in [0.2, 0.25) is 0 Å². The minimum atomic E-state index is -0.473. The van der Waals surface area contributed by atoms with Crippen LogP contribution in [-0.4, -0.2) is 21.8 Å². The Balaban J connectivity index is 1.51. The van der Waals surface area contributed by atoms with Gasteiger partial charge in [-0.25, -0.2) is 4.98 Å². The van der Waals surface area contributed by atoms with Crippen molar-refractivity contribution in [2.24, 2.45) is 0 Å². The van der Waals surface area contributed by atoms with Crippen molar-refractivity contribution in [1.82, 2.24) is 15.3 Å². The van der Waals surface area contributed by atoms with Gasteiger partial charge in [0.2, 0.25) is 11.8 Å². The van der Waals surface area contributed by atoms with Crippen molar-refractivity contribution >= 4 is 28.5 Å². The maximum absolute atomic E-state index is 12.6. The molecule has 1 unspecified atom stereocenters. The maximum atomic E-state index is 12.6. The minimum Gasteiger partial charge on any atom is -0.348 e. The molecule has 2 amide bonds. The van der Waals surface area contributed by atoms with Gasteiger partial charge in [0.1, 0.15) is 5.82 Å². The van der Waals surface area contributed by atoms with Gasteiger partial charge in [0.15, 0.2) is 0 Å². The smallest absolute Gasteiger partial charge is 0.228 e. The predicted octanol–water partition coefficient (Wildman–Crippen LogP) is 2.31. The van der Waals surface area contributed by atoms with Gasteiger partial charge in [0, 0.05) is 12.1 Å². The molecule has 0 spiro atoms. The topological polar surface area (TPSA) is 86.9 Å². The molecule has 2 aromatic carbocycles. The van der Waals surface area contributed by atoms with Crippen LogP contribution in [0.1, 0.15) is 23.7 Å². The number of hydrogen-bond donors (Lipinski definition) is 3. The Morgan fingerprint density at radius 1 is 1.17 bits per heavy atom. The number of carbonyl (C=O) groups is 2. The number of anilines is 1. The zero-order chi connectivity index (χ0) is 16.5. The van der Waals surface area contributed by atoms with E-state index in [9.17, 15) is 9.59 Å². The van der Waals surface area contributed by atoms with Crippen molar-refractivity contribution in [2.45, 2.75) is 18.9 Å². The van der Waals surface area contributed by atoms with Crippen LogP contribution in [0.15, 0.2) is 48.5 Å². The number of nitrogens with one attached hydrogen (secondary N) is 3. The fourth-order valence-corrected chi connectivity index (χ4v) is 3.03. The summed E-state index contributed by atoms with van der Waals surface area (Å²) in [5.74, 6) is -0.0900. The molecule has 120 valence electrons. The monoisotopic (exact) mass is 320 g/mol. The number of carbonyl (C=O) groups excluding carboxylic acids is 2. The van der Waals surface area contributed by atoms with E-state index in [0.29, 0.717) is 18.1 Å². The number of fused-ring (bicyclic) bond motifs is 2. The van der Waals surface area contributed by atoms with E-state index in [2.05, 4.69) is 20.6 Å². The molecule has 3 aromatic rings. The lowest BCUT2D eigenvalue weighted by molar-refractivity contribution is -0.126. The number of hydrogen-bond acceptors (Lipinski definition) is 3. The summed E-state index contributed by atoms with van der Waals surface area (Å²) in [6, 6.07) is 15.1. The third-order valence-electron chi connectivity index (χ3n) is 4.18. The summed E-state index contributed by atoms with van der Waals surface area (Å²) in [6.45, 7) is 0.299. The van der Waals surface area contributed by atoms with E-state index in [1.807, 2.05) is 48.5 Å². The normalized spacial score (nSPS) is 16.5. The SMILES string of the molecule is O=C1CC(C(=O)NCc2nc3ccccc3[nH]2)c2ccccc2N1. The fraction of sp³-hybridized carbons (Fsp3) is 0.167. The second-order valence-corrected chi connectivity index (χ2v) is 5.81. The molecule has 1 atom stereocenters. The summed E-state index contributed by atoms with van der Waals surface area (Å²) in [5, 5.41) is 5.68. The number of para-hydroxylation sites is 3. The molecule has 0 aliphatic carbocycles. The number of amides is 2. The summed E-state index contributed by atoms with van der Waals surface area (Å²) in [4.78, 5) is 32.0. The summed E-state index contributed by atoms with van der Waals surface area (Å²) in [6.07, 6.45) is 0.156. The van der Waals surface area contributed by atoms with Crippen LogP contribution in [0.3, 0.4) is 0 Å². The zero-order valence-corrected chi connectivity index (χ0v) is 12.9. The molecule has 0 saturated heterocycles. The van der Waals surface area contributed by atoms with Crippen molar-refractivity contribution in [1.29, 1.82) is 0 Å². The highest BCUT2D eigenvalue weighted by Gasteiger charge is 2.30. The highest BCUT2D eigenvalue weighted by atomic mass is 16.2. The number of nitrogens with zero attached hydrogens (tertiary/aromatic N) is 1. The molecule has 1 aliphatic heterocycles. The first-order chi connectivity index (χ1) is 11.7. The van der Waals surface area contributed by atoms with Gasteiger partial charge >= 0.3 is 0 Å². The van der Waals surface area contributed by atoms with Crippen molar-refractivity contribution in [3.8, 4) is 0 Å². The van der Waals surface area contributed by atoms with Gasteiger partial charge in [-0.15, -0.1) is 0 Å². The number of aromatic amines is 1. The predicted molar refractivity (Wildman–Crippen MR) is 90.4 cm³/mol. The summed E-state index contributed by atoms with van der Waals surface area (Å²) in [7, 11) is 0. The summed E-state index contributed by atoms with van der Waals surface area (Å²) >= 11 is 0. The number of aromatic nitrogens is 2. The van der Waals surface area contributed by atoms with E-state index in [1.54, 1.807) is 0 Å². The molecule has 3 N–H and O–H groups in total. The number of benzene rings is 2. The number of H-pyrrole nitrogens is 1. The standard InChI is InChI=1S/C18H16N4O2/c23-17-9-12(11-5-1-2-6-13(11)22-17)18(24)19-10-16-20-14-7-3-4-8-15(14)21-16/h1-8,12H,9-10H2,(H,19,24)(H,20,21)(H,22,23). The van der Waals surface area contributed by atoms with E-state index >= 15 is 0 Å². The van der Waals surface area contributed by atoms with Crippen molar-refractivity contribution in [2.75, 3.05) is 5.32 Å². The molecular weight excluding hydrogens is 304 g/mol. The van der Waals surface area contributed by atoms with Crippen LogP contribution in [0.5, 0.6) is 0 Å². The summed E-state index contributed by atoms with van der Waals surface area (Å²) in [5.41, 5.74) is 3.35. The Morgan fingerprint density at radius 3 is 2.83 bits per heavy atom. The average Bonchev–Trinajstić information content (AvgIpc) is 3.02. The molecule has 1 aliphatic rings. The second-order valence-electron chi connectivity index (χ2n) is 5.81. The zero-order valence-electron chi connectivity index (χ0n) is 12.9. The van der Waals surface area contributed by atoms with Gasteiger partial charge in [0.25, 0.3) is 0 Å². The van der Waals surface area contributed by atoms with Crippen LogP contribution in [-0.2, 0) is 16.1 Å². The van der Waals surface area contributed by atoms with Crippen molar-refractivity contribution in [3.63, 3.8) is 0 Å². The first-order valence-corrected chi connectivity index (χ1v) is 7.81. The van der Waals surface area contributed by atoms with Crippen molar-refractivity contribution in [3.05, 3.63) is 59.9 Å². The quantitative estimate of drug-likeness (QED) is 0.692. The number of imidazole rings is 1. The Bertz CT molecular complexity index is 898. The first kappa shape index (κ1) is 14.4. The van der Waals surface area contributed by atoms with E-state index in [4.69, 9.17) is 0 Å². The molecule has 4 rings (SSSR count). The first-order valence-electron chi connectivity index (χ1n) is 7.81. The van der Waals surface area contributed by atoms with Gasteiger partial charge in [-0.3, -0.25) is 9.59 Å². The van der Waals surface area contributed by atoms with E-state index in [0.717, 1.165) is 16.6 Å². The van der Waals surface area contributed by atoms with Gasteiger partial charge in [-0.1, -0.05) is 30.3 Å². The molecule has 6 nitrogen and oxygen atoms in total. The lowest BCUT2D eigenvalue weighted by atomic mass is 9.90. The molecule has 0 bridgehead atoms. The van der Waals surface area contributed by atoms with E-state index < -0.39 is 5.92 Å². The van der Waals surface area contributed by atoms with Crippen molar-refractivity contribution < 1.29 is 9.59 Å². The third-order valence-corrected chi connectivity index (χ3v) is 4.18. The van der Waals surface area contributed by atoms with Gasteiger partial charge in [-0.05, 0) is 23.8 Å². The van der Waals surface area contributed by atoms with Crippen LogP contribution < -0.4 is 10.6 Å². The van der Waals surface area contributed by atoms with Crippen LogP contribution in [0.25, 0.3) is 11.0 Å². The molecule has 0 saturated carbocycles. The molecule has 2 heterocycles. The van der Waals surface area contributed by atoms with Crippen LogP contribution in [0, 0.1) is 0 Å². The number of rotatable bonds is 3. The molecule has 0 fully saturated rings. The van der Waals surface area contributed by atoms with Crippen LogP contribution >= 0.6 is 0 Å². The highest BCUT2D eigenvalue weighted by molar-refractivity contribution is 6.01. The highest BCUT2D eigenvalue weighted by Crippen LogP contribution is 2.32. The lowest BCUT2D eigenvalue weighted by Gasteiger charge is -2.24. The average molecular weight is 320 g/mol. The van der Waals surface area contributed by atoms with Gasteiger partial charge < -0.3 is 15.6 Å². The molecular formula is C18H16N4O2. The maximum Gasteiger partial charge on any atom is 0.228 e. The molecule has 1 aromatic heterocycles. The van der Waals surface area contributed by atoms with Gasteiger partial charge in [0.05, 0.1) is 23.5 Å². The lowest BCUT2D eigenvalue weighted by Crippen LogP contribution is -2.34. The Hall–Kier alpha value is -3.15. The Morgan fingerprint density at radius 2 is 1.96 bits per heavy atom. The largest absolute Gasteiger partial charge is 0.348 e. The Kier molecular flexibility index (Phi) is 3.49. The summed E-state index contributed by atoms with van der Waals surface area (Å²) < 4.78 is 0. The van der Waals surface area contributed by atoms with E-state index in [-0.39, 0.29) is 18.2 Å². The molecule has 0 radical (unpaired) electrons. The Labute approximate surface area is 138 Å². The fourth-order valence-electron chi connectivity index (χ4n) is 3.03. The van der Waals surface area contributed by atoms with E-state index in [1.165, 1.54) is 0 Å². The molecule has 24 heavy (non-hydrogen) atoms. The minimum absolute atomic E-state index is 0.141. The van der Waals surface area contributed by atoms with Gasteiger partial charge in [-0.2, -0.15) is 0 Å². The van der Waals surface area contributed by atoms with Crippen LogP contribution in [0.4, 0.5) is 5.69 Å². The molecule has 6 heteroatoms. The third kappa shape index (κ3) is 2.62.